The average Bonchev–Trinajstić information content (AvgIpc) is 3.56. The maximum absolute atomic E-state index is 13.0. The van der Waals surface area contributed by atoms with E-state index in [1.165, 1.54) is 43.0 Å². The highest BCUT2D eigenvalue weighted by atomic mass is 16.2. The number of imidazole rings is 1. The number of nitrogens with one attached hydrogen (secondary N) is 3. The quantitative estimate of drug-likeness (QED) is 0.581. The summed E-state index contributed by atoms with van der Waals surface area (Å²) in [6.07, 6.45) is 11.8. The minimum atomic E-state index is -0.324. The maximum atomic E-state index is 13.0. The van der Waals surface area contributed by atoms with Crippen LogP contribution in [-0.4, -0.2) is 47.0 Å². The number of carbonyl (C=O) groups is 1. The molecular formula is C28H36N6O. The first kappa shape index (κ1) is 23.8. The number of amides is 1. The Labute approximate surface area is 208 Å². The first-order valence-corrected chi connectivity index (χ1v) is 13.0. The number of nitriles is 1. The number of hydrogen-bond acceptors (Lipinski definition) is 5. The van der Waals surface area contributed by atoms with Crippen LogP contribution in [0.15, 0.2) is 30.5 Å². The molecule has 7 nitrogen and oxygen atoms in total. The molecule has 0 spiro atoms. The largest absolute Gasteiger partial charge is 0.326 e. The van der Waals surface area contributed by atoms with Gasteiger partial charge in [-0.1, -0.05) is 38.8 Å². The van der Waals surface area contributed by atoms with Crippen molar-refractivity contribution in [2.45, 2.75) is 64.3 Å². The molecule has 3 aliphatic rings. The van der Waals surface area contributed by atoms with Crippen LogP contribution in [-0.2, 0) is 5.54 Å². The Balaban J connectivity index is 1.52. The lowest BCUT2D eigenvalue weighted by atomic mass is 9.76. The predicted octanol–water partition coefficient (Wildman–Crippen LogP) is 4.80. The van der Waals surface area contributed by atoms with E-state index in [2.05, 4.69) is 63.6 Å². The molecule has 0 atom stereocenters. The highest BCUT2D eigenvalue weighted by molar-refractivity contribution is 6.03. The number of allylic oxidation sites excluding steroid dienone is 2. The van der Waals surface area contributed by atoms with E-state index in [0.717, 1.165) is 56.7 Å². The Morgan fingerprint density at radius 1 is 1.17 bits per heavy atom. The van der Waals surface area contributed by atoms with Gasteiger partial charge in [-0.05, 0) is 60.8 Å². The topological polar surface area (TPSA) is 96.8 Å². The molecule has 35 heavy (non-hydrogen) atoms. The third kappa shape index (κ3) is 4.78. The average molecular weight is 473 g/mol. The van der Waals surface area contributed by atoms with Crippen LogP contribution >= 0.6 is 0 Å². The van der Waals surface area contributed by atoms with Crippen LogP contribution in [0.25, 0.3) is 5.57 Å². The van der Waals surface area contributed by atoms with Gasteiger partial charge in [0.25, 0.3) is 5.91 Å². The van der Waals surface area contributed by atoms with Crippen LogP contribution < -0.4 is 10.6 Å². The number of carbonyl (C=O) groups excluding carboxylic acids is 1. The van der Waals surface area contributed by atoms with Crippen LogP contribution in [0.1, 0.15) is 86.2 Å². The van der Waals surface area contributed by atoms with Gasteiger partial charge in [0.1, 0.15) is 11.8 Å². The van der Waals surface area contributed by atoms with Crippen molar-refractivity contribution >= 4 is 17.2 Å². The van der Waals surface area contributed by atoms with E-state index in [4.69, 9.17) is 5.26 Å². The SMILES string of the molecule is CC1(C)CC=C(c2cc(C3(N4CCNCC4)CCCC3)ccc2NC(=O)c2ncc(C#N)[nH]2)CC1. The number of hydrogen-bond donors (Lipinski definition) is 3. The molecule has 1 amide bonds. The van der Waals surface area contributed by atoms with Gasteiger partial charge in [0.05, 0.1) is 6.20 Å². The number of benzene rings is 1. The number of anilines is 1. The summed E-state index contributed by atoms with van der Waals surface area (Å²) in [6.45, 7) is 8.87. The summed E-state index contributed by atoms with van der Waals surface area (Å²) in [5.74, 6) is -0.168. The summed E-state index contributed by atoms with van der Waals surface area (Å²) in [4.78, 5) is 22.5. The van der Waals surface area contributed by atoms with E-state index in [-0.39, 0.29) is 23.0 Å². The van der Waals surface area contributed by atoms with Crippen molar-refractivity contribution < 1.29 is 4.79 Å². The van der Waals surface area contributed by atoms with Crippen molar-refractivity contribution in [1.29, 1.82) is 5.26 Å². The lowest BCUT2D eigenvalue weighted by Gasteiger charge is -2.44. The lowest BCUT2D eigenvalue weighted by Crippen LogP contribution is -2.53. The van der Waals surface area contributed by atoms with Crippen LogP contribution in [0.4, 0.5) is 5.69 Å². The molecule has 3 N–H and O–H groups in total. The third-order valence-corrected chi connectivity index (χ3v) is 8.19. The Bertz CT molecular complexity index is 1160. The highest BCUT2D eigenvalue weighted by Crippen LogP contribution is 2.47. The molecule has 1 aliphatic heterocycles. The lowest BCUT2D eigenvalue weighted by molar-refractivity contribution is 0.0757. The first-order valence-electron chi connectivity index (χ1n) is 13.0. The molecular weight excluding hydrogens is 436 g/mol. The minimum absolute atomic E-state index is 0.0800. The summed E-state index contributed by atoms with van der Waals surface area (Å²) in [5.41, 5.74) is 5.29. The van der Waals surface area contributed by atoms with Gasteiger partial charge in [0.2, 0.25) is 0 Å². The third-order valence-electron chi connectivity index (χ3n) is 8.19. The highest BCUT2D eigenvalue weighted by Gasteiger charge is 2.41. The van der Waals surface area contributed by atoms with Gasteiger partial charge >= 0.3 is 0 Å². The number of rotatable bonds is 5. The van der Waals surface area contributed by atoms with Crippen molar-refractivity contribution in [3.05, 3.63) is 53.1 Å². The van der Waals surface area contributed by atoms with Crippen LogP contribution in [0.5, 0.6) is 0 Å². The number of piperazine rings is 1. The smallest absolute Gasteiger partial charge is 0.291 e. The number of aromatic amines is 1. The number of aromatic nitrogens is 2. The molecule has 7 heteroatoms. The second-order valence-electron chi connectivity index (χ2n) is 11.0. The van der Waals surface area contributed by atoms with E-state index in [1.807, 2.05) is 6.07 Å². The van der Waals surface area contributed by atoms with Crippen LogP contribution in [0.2, 0.25) is 0 Å². The van der Waals surface area contributed by atoms with E-state index < -0.39 is 0 Å². The molecule has 1 saturated heterocycles. The zero-order valence-electron chi connectivity index (χ0n) is 20.9. The Morgan fingerprint density at radius 2 is 1.94 bits per heavy atom. The fourth-order valence-corrected chi connectivity index (χ4v) is 6.04. The zero-order valence-corrected chi connectivity index (χ0v) is 20.9. The minimum Gasteiger partial charge on any atom is -0.326 e. The standard InChI is InChI=1S/C28H36N6O/c1-27(2)11-7-20(8-12-27)23-17-21(28(9-3-4-10-28)34-15-13-30-14-16-34)5-6-24(23)33-26(35)25-31-19-22(18-29)32-25/h5-7,17,19,30H,3-4,8-16H2,1-2H3,(H,31,32)(H,33,35). The van der Waals surface area contributed by atoms with Crippen LogP contribution in [0, 0.1) is 16.7 Å². The molecule has 0 bridgehead atoms. The van der Waals surface area contributed by atoms with Crippen molar-refractivity contribution in [1.82, 2.24) is 20.2 Å². The van der Waals surface area contributed by atoms with Crippen molar-refractivity contribution in [2.75, 3.05) is 31.5 Å². The summed E-state index contributed by atoms with van der Waals surface area (Å²) >= 11 is 0. The molecule has 2 heterocycles. The van der Waals surface area contributed by atoms with Gasteiger partial charge in [0.15, 0.2) is 5.82 Å². The number of H-pyrrole nitrogens is 1. The van der Waals surface area contributed by atoms with E-state index >= 15 is 0 Å². The van der Waals surface area contributed by atoms with Crippen molar-refractivity contribution in [3.8, 4) is 6.07 Å². The molecule has 5 rings (SSSR count). The van der Waals surface area contributed by atoms with E-state index in [1.54, 1.807) is 0 Å². The fraction of sp³-hybridized carbons (Fsp3) is 0.536. The molecule has 2 aromatic rings. The molecule has 1 aromatic heterocycles. The predicted molar refractivity (Wildman–Crippen MR) is 138 cm³/mol. The van der Waals surface area contributed by atoms with E-state index in [0.29, 0.717) is 5.41 Å². The molecule has 0 unspecified atom stereocenters. The molecule has 184 valence electrons. The molecule has 1 saturated carbocycles. The van der Waals surface area contributed by atoms with Gasteiger partial charge in [-0.2, -0.15) is 5.26 Å². The molecule has 1 aromatic carbocycles. The monoisotopic (exact) mass is 472 g/mol. The van der Waals surface area contributed by atoms with Crippen molar-refractivity contribution in [3.63, 3.8) is 0 Å². The Hall–Kier alpha value is -2.95. The summed E-state index contributed by atoms with van der Waals surface area (Å²) in [6, 6.07) is 8.66. The summed E-state index contributed by atoms with van der Waals surface area (Å²) in [7, 11) is 0. The Kier molecular flexibility index (Phi) is 6.52. The normalized spacial score (nSPS) is 21.8. The molecule has 2 aliphatic carbocycles. The Morgan fingerprint density at radius 3 is 2.60 bits per heavy atom. The fourth-order valence-electron chi connectivity index (χ4n) is 6.04. The molecule has 2 fully saturated rings. The van der Waals surface area contributed by atoms with Gasteiger partial charge in [-0.25, -0.2) is 4.98 Å². The zero-order chi connectivity index (χ0) is 24.5. The second-order valence-corrected chi connectivity index (χ2v) is 11.0. The van der Waals surface area contributed by atoms with Gasteiger partial charge in [-0.3, -0.25) is 9.69 Å². The van der Waals surface area contributed by atoms with Gasteiger partial charge < -0.3 is 15.6 Å². The van der Waals surface area contributed by atoms with E-state index in [9.17, 15) is 4.79 Å². The first-order chi connectivity index (χ1) is 16.9. The maximum Gasteiger partial charge on any atom is 0.291 e. The number of nitrogens with zero attached hydrogens (tertiary/aromatic N) is 3. The van der Waals surface area contributed by atoms with Crippen LogP contribution in [0.3, 0.4) is 0 Å². The summed E-state index contributed by atoms with van der Waals surface area (Å²) < 4.78 is 0. The van der Waals surface area contributed by atoms with Crippen molar-refractivity contribution in [2.24, 2.45) is 5.41 Å². The second kappa shape index (κ2) is 9.60. The van der Waals surface area contributed by atoms with Gasteiger partial charge in [0, 0.05) is 43.0 Å². The van der Waals surface area contributed by atoms with Gasteiger partial charge in [-0.15, -0.1) is 0 Å². The molecule has 0 radical (unpaired) electrons. The summed E-state index contributed by atoms with van der Waals surface area (Å²) in [5, 5.41) is 15.7.